The summed E-state index contributed by atoms with van der Waals surface area (Å²) in [6, 6.07) is 9.99. The first-order valence-electron chi connectivity index (χ1n) is 6.43. The molecule has 20 heavy (non-hydrogen) atoms. The molecule has 2 aromatic rings. The summed E-state index contributed by atoms with van der Waals surface area (Å²) in [4.78, 5) is 8.31. The molecule has 0 saturated heterocycles. The predicted octanol–water partition coefficient (Wildman–Crippen LogP) is 2.65. The first-order valence-corrected chi connectivity index (χ1v) is 7.22. The lowest BCUT2D eigenvalue weighted by atomic mass is 10.2. The molecular formula is C14H17BrN4O. The molecule has 3 N–H and O–H groups in total. The lowest BCUT2D eigenvalue weighted by Gasteiger charge is -2.08. The molecule has 2 rings (SSSR count). The second kappa shape index (κ2) is 7.81. The predicted molar refractivity (Wildman–Crippen MR) is 83.7 cm³/mol. The van der Waals surface area contributed by atoms with E-state index >= 15 is 0 Å². The van der Waals surface area contributed by atoms with Crippen molar-refractivity contribution in [3.05, 3.63) is 46.7 Å². The third-order valence-corrected chi connectivity index (χ3v) is 3.22. The molecule has 0 aliphatic heterocycles. The fourth-order valence-corrected chi connectivity index (χ4v) is 1.91. The van der Waals surface area contributed by atoms with Crippen molar-refractivity contribution in [2.45, 2.75) is 13.0 Å². The van der Waals surface area contributed by atoms with Gasteiger partial charge in [0.15, 0.2) is 0 Å². The Bertz CT molecular complexity index is 533. The number of halogens is 1. The van der Waals surface area contributed by atoms with E-state index in [-0.39, 0.29) is 6.61 Å². The molecule has 0 fully saturated rings. The van der Waals surface area contributed by atoms with Gasteiger partial charge in [-0.25, -0.2) is 9.97 Å². The Morgan fingerprint density at radius 2 is 1.75 bits per heavy atom. The highest BCUT2D eigenvalue weighted by molar-refractivity contribution is 9.10. The van der Waals surface area contributed by atoms with Crippen molar-refractivity contribution in [1.82, 2.24) is 9.97 Å². The van der Waals surface area contributed by atoms with Gasteiger partial charge in [0.1, 0.15) is 18.0 Å². The monoisotopic (exact) mass is 336 g/mol. The van der Waals surface area contributed by atoms with Crippen LogP contribution >= 0.6 is 15.9 Å². The van der Waals surface area contributed by atoms with Crippen LogP contribution in [0.25, 0.3) is 0 Å². The first-order chi connectivity index (χ1) is 9.78. The van der Waals surface area contributed by atoms with Gasteiger partial charge in [0.2, 0.25) is 0 Å². The first kappa shape index (κ1) is 14.7. The molecule has 0 atom stereocenters. The number of nitrogens with zero attached hydrogens (tertiary/aromatic N) is 2. The molecular weight excluding hydrogens is 320 g/mol. The van der Waals surface area contributed by atoms with Gasteiger partial charge < -0.3 is 15.7 Å². The minimum Gasteiger partial charge on any atom is -0.396 e. The van der Waals surface area contributed by atoms with Crippen molar-refractivity contribution in [1.29, 1.82) is 0 Å². The summed E-state index contributed by atoms with van der Waals surface area (Å²) in [5, 5.41) is 15.1. The van der Waals surface area contributed by atoms with Crippen molar-refractivity contribution in [3.63, 3.8) is 0 Å². The van der Waals surface area contributed by atoms with E-state index in [1.54, 1.807) is 0 Å². The normalized spacial score (nSPS) is 10.3. The molecule has 1 aromatic heterocycles. The van der Waals surface area contributed by atoms with Crippen LogP contribution in [-0.4, -0.2) is 28.2 Å². The molecule has 0 radical (unpaired) electrons. The second-order valence-electron chi connectivity index (χ2n) is 4.27. The Balaban J connectivity index is 1.89. The van der Waals surface area contributed by atoms with Crippen LogP contribution in [0.2, 0.25) is 0 Å². The van der Waals surface area contributed by atoms with Gasteiger partial charge >= 0.3 is 0 Å². The molecule has 1 aromatic carbocycles. The fraction of sp³-hybridized carbons (Fsp3) is 0.286. The molecule has 5 nitrogen and oxygen atoms in total. The highest BCUT2D eigenvalue weighted by Crippen LogP contribution is 2.13. The van der Waals surface area contributed by atoms with Gasteiger partial charge in [-0.2, -0.15) is 0 Å². The third-order valence-electron chi connectivity index (χ3n) is 2.69. The smallest absolute Gasteiger partial charge is 0.131 e. The van der Waals surface area contributed by atoms with Gasteiger partial charge in [-0.1, -0.05) is 28.1 Å². The number of aliphatic hydroxyl groups excluding tert-OH is 1. The molecule has 0 saturated carbocycles. The highest BCUT2D eigenvalue weighted by Gasteiger charge is 1.99. The quantitative estimate of drug-likeness (QED) is 0.678. The van der Waals surface area contributed by atoms with Gasteiger partial charge in [-0.3, -0.25) is 0 Å². The Kier molecular flexibility index (Phi) is 5.76. The van der Waals surface area contributed by atoms with Crippen molar-refractivity contribution in [2.24, 2.45) is 0 Å². The lowest BCUT2D eigenvalue weighted by molar-refractivity contribution is 0.292. The molecule has 6 heteroatoms. The Morgan fingerprint density at radius 1 is 1.05 bits per heavy atom. The number of aliphatic hydroxyl groups is 1. The molecule has 0 spiro atoms. The largest absolute Gasteiger partial charge is 0.396 e. The van der Waals surface area contributed by atoms with Gasteiger partial charge in [-0.05, 0) is 24.1 Å². The highest BCUT2D eigenvalue weighted by atomic mass is 79.9. The maximum atomic E-state index is 8.74. The lowest BCUT2D eigenvalue weighted by Crippen LogP contribution is -2.07. The Hall–Kier alpha value is -1.66. The molecule has 106 valence electrons. The van der Waals surface area contributed by atoms with E-state index in [9.17, 15) is 0 Å². The van der Waals surface area contributed by atoms with Gasteiger partial charge in [0.05, 0.1) is 0 Å². The summed E-state index contributed by atoms with van der Waals surface area (Å²) < 4.78 is 1.07. The topological polar surface area (TPSA) is 70.1 Å². The fourth-order valence-electron chi connectivity index (χ4n) is 1.64. The number of rotatable bonds is 7. The average Bonchev–Trinajstić information content (AvgIpc) is 2.47. The van der Waals surface area contributed by atoms with E-state index in [1.165, 1.54) is 11.9 Å². The SMILES string of the molecule is OCCCNc1cc(NCc2ccc(Br)cc2)ncn1. The minimum atomic E-state index is 0.173. The zero-order valence-electron chi connectivity index (χ0n) is 11.0. The van der Waals surface area contributed by atoms with Crippen LogP contribution in [0.5, 0.6) is 0 Å². The zero-order valence-corrected chi connectivity index (χ0v) is 12.6. The van der Waals surface area contributed by atoms with Gasteiger partial charge in [-0.15, -0.1) is 0 Å². The van der Waals surface area contributed by atoms with Crippen LogP contribution in [0.3, 0.4) is 0 Å². The molecule has 0 unspecified atom stereocenters. The van der Waals surface area contributed by atoms with Crippen LogP contribution < -0.4 is 10.6 Å². The molecule has 0 bridgehead atoms. The van der Waals surface area contributed by atoms with Crippen LogP contribution in [0, 0.1) is 0 Å². The van der Waals surface area contributed by atoms with Crippen LogP contribution in [0.1, 0.15) is 12.0 Å². The van der Waals surface area contributed by atoms with Crippen LogP contribution in [0.15, 0.2) is 41.1 Å². The minimum absolute atomic E-state index is 0.173. The maximum absolute atomic E-state index is 8.74. The van der Waals surface area contributed by atoms with E-state index in [2.05, 4.69) is 48.7 Å². The average molecular weight is 337 g/mol. The summed E-state index contributed by atoms with van der Waals surface area (Å²) in [5.74, 6) is 1.53. The second-order valence-corrected chi connectivity index (χ2v) is 5.19. The van der Waals surface area contributed by atoms with E-state index < -0.39 is 0 Å². The van der Waals surface area contributed by atoms with Crippen molar-refractivity contribution >= 4 is 27.6 Å². The van der Waals surface area contributed by atoms with Gasteiger partial charge in [0, 0.05) is 30.2 Å². The summed E-state index contributed by atoms with van der Waals surface area (Å²) in [7, 11) is 0. The number of hydrogen-bond acceptors (Lipinski definition) is 5. The molecule has 1 heterocycles. The number of nitrogens with one attached hydrogen (secondary N) is 2. The summed E-state index contributed by atoms with van der Waals surface area (Å²) in [5.41, 5.74) is 1.18. The van der Waals surface area contributed by atoms with E-state index in [0.717, 1.165) is 16.1 Å². The zero-order chi connectivity index (χ0) is 14.2. The third kappa shape index (κ3) is 4.79. The van der Waals surface area contributed by atoms with Crippen molar-refractivity contribution in [3.8, 4) is 0 Å². The number of hydrogen-bond donors (Lipinski definition) is 3. The number of aromatic nitrogens is 2. The van der Waals surface area contributed by atoms with Crippen LogP contribution in [-0.2, 0) is 6.54 Å². The van der Waals surface area contributed by atoms with E-state index in [1.807, 2.05) is 18.2 Å². The molecule has 0 amide bonds. The standard InChI is InChI=1S/C14H17BrN4O/c15-12-4-2-11(3-5-12)9-17-14-8-13(18-10-19-14)16-6-1-7-20/h2-5,8,10,20H,1,6-7,9H2,(H2,16,17,18,19). The van der Waals surface area contributed by atoms with Gasteiger partial charge in [0.25, 0.3) is 0 Å². The maximum Gasteiger partial charge on any atom is 0.131 e. The van der Waals surface area contributed by atoms with E-state index in [4.69, 9.17) is 5.11 Å². The van der Waals surface area contributed by atoms with Crippen LogP contribution in [0.4, 0.5) is 11.6 Å². The number of anilines is 2. The van der Waals surface area contributed by atoms with E-state index in [0.29, 0.717) is 19.5 Å². The molecule has 0 aliphatic rings. The summed E-state index contributed by atoms with van der Waals surface area (Å²) in [6.07, 6.45) is 2.22. The Labute approximate surface area is 126 Å². The van der Waals surface area contributed by atoms with Crippen molar-refractivity contribution in [2.75, 3.05) is 23.8 Å². The number of benzene rings is 1. The molecule has 0 aliphatic carbocycles. The Morgan fingerprint density at radius 3 is 2.45 bits per heavy atom. The van der Waals surface area contributed by atoms with Crippen molar-refractivity contribution < 1.29 is 5.11 Å². The summed E-state index contributed by atoms with van der Waals surface area (Å²) >= 11 is 3.41. The summed E-state index contributed by atoms with van der Waals surface area (Å²) in [6.45, 7) is 1.58.